The fourth-order valence-corrected chi connectivity index (χ4v) is 2.16. The third-order valence-corrected chi connectivity index (χ3v) is 3.18. The SMILES string of the molecule is Cc1cnc(CNC(=O)NC(C)COCC(C)C)s1. The molecule has 0 spiro atoms. The molecule has 1 heterocycles. The number of carbonyl (C=O) groups is 1. The predicted octanol–water partition coefficient (Wildman–Crippen LogP) is 2.31. The van der Waals surface area contributed by atoms with E-state index in [0.29, 0.717) is 25.7 Å². The third-order valence-electron chi connectivity index (χ3n) is 2.27. The summed E-state index contributed by atoms with van der Waals surface area (Å²) in [5.41, 5.74) is 0. The van der Waals surface area contributed by atoms with Gasteiger partial charge in [0.05, 0.1) is 19.2 Å². The fourth-order valence-electron chi connectivity index (χ4n) is 1.44. The lowest BCUT2D eigenvalue weighted by Crippen LogP contribution is -2.42. The van der Waals surface area contributed by atoms with Crippen molar-refractivity contribution in [2.24, 2.45) is 5.92 Å². The van der Waals surface area contributed by atoms with Gasteiger partial charge >= 0.3 is 6.03 Å². The van der Waals surface area contributed by atoms with Crippen LogP contribution >= 0.6 is 11.3 Å². The topological polar surface area (TPSA) is 63.2 Å². The first kappa shape index (κ1) is 15.9. The summed E-state index contributed by atoms with van der Waals surface area (Å²) >= 11 is 1.59. The number of hydrogen-bond donors (Lipinski definition) is 2. The normalized spacial score (nSPS) is 12.5. The molecule has 108 valence electrons. The van der Waals surface area contributed by atoms with Gasteiger partial charge in [-0.15, -0.1) is 11.3 Å². The molecule has 0 saturated heterocycles. The van der Waals surface area contributed by atoms with Gasteiger partial charge < -0.3 is 15.4 Å². The number of urea groups is 1. The van der Waals surface area contributed by atoms with Crippen molar-refractivity contribution in [3.63, 3.8) is 0 Å². The standard InChI is InChI=1S/C13H23N3O2S/c1-9(2)7-18-8-10(3)16-13(17)15-6-12-14-5-11(4)19-12/h5,9-10H,6-8H2,1-4H3,(H2,15,16,17). The molecule has 0 aromatic carbocycles. The van der Waals surface area contributed by atoms with Gasteiger partial charge in [-0.3, -0.25) is 0 Å². The first-order valence-electron chi connectivity index (χ1n) is 6.50. The molecule has 0 radical (unpaired) electrons. The first-order valence-corrected chi connectivity index (χ1v) is 7.32. The molecule has 19 heavy (non-hydrogen) atoms. The van der Waals surface area contributed by atoms with Crippen LogP contribution in [0, 0.1) is 12.8 Å². The molecule has 0 fully saturated rings. The zero-order valence-electron chi connectivity index (χ0n) is 12.0. The number of nitrogens with zero attached hydrogens (tertiary/aromatic N) is 1. The molecule has 5 nitrogen and oxygen atoms in total. The molecule has 1 atom stereocenters. The number of thiazole rings is 1. The van der Waals surface area contributed by atoms with Crippen LogP contribution in [0.25, 0.3) is 0 Å². The van der Waals surface area contributed by atoms with E-state index in [-0.39, 0.29) is 12.1 Å². The van der Waals surface area contributed by atoms with Gasteiger partial charge in [0.1, 0.15) is 5.01 Å². The molecule has 2 amide bonds. The number of aryl methyl sites for hydroxylation is 1. The Morgan fingerprint density at radius 2 is 2.16 bits per heavy atom. The van der Waals surface area contributed by atoms with Gasteiger partial charge in [0.2, 0.25) is 0 Å². The monoisotopic (exact) mass is 285 g/mol. The van der Waals surface area contributed by atoms with Gasteiger partial charge in [-0.25, -0.2) is 9.78 Å². The predicted molar refractivity (Wildman–Crippen MR) is 77.3 cm³/mol. The molecule has 0 aliphatic rings. The lowest BCUT2D eigenvalue weighted by atomic mass is 10.2. The Morgan fingerprint density at radius 3 is 2.74 bits per heavy atom. The third kappa shape index (κ3) is 7.12. The minimum atomic E-state index is -0.187. The van der Waals surface area contributed by atoms with Crippen LogP contribution in [0.1, 0.15) is 30.7 Å². The minimum absolute atomic E-state index is 0.00298. The molecular weight excluding hydrogens is 262 g/mol. The largest absolute Gasteiger partial charge is 0.379 e. The zero-order chi connectivity index (χ0) is 14.3. The Hall–Kier alpha value is -1.14. The van der Waals surface area contributed by atoms with E-state index in [1.807, 2.05) is 20.0 Å². The molecule has 6 heteroatoms. The molecule has 0 aliphatic carbocycles. The molecule has 1 aromatic heterocycles. The number of ether oxygens (including phenoxy) is 1. The van der Waals surface area contributed by atoms with Crippen LogP contribution in [-0.4, -0.2) is 30.3 Å². The van der Waals surface area contributed by atoms with Gasteiger partial charge in [0, 0.05) is 17.7 Å². The van der Waals surface area contributed by atoms with Crippen molar-refractivity contribution in [3.05, 3.63) is 16.1 Å². The van der Waals surface area contributed by atoms with E-state index >= 15 is 0 Å². The van der Waals surface area contributed by atoms with E-state index in [4.69, 9.17) is 4.74 Å². The molecule has 1 unspecified atom stereocenters. The number of rotatable bonds is 7. The Bertz CT molecular complexity index is 393. The highest BCUT2D eigenvalue weighted by atomic mass is 32.1. The maximum Gasteiger partial charge on any atom is 0.315 e. The number of aromatic nitrogens is 1. The van der Waals surface area contributed by atoms with Crippen molar-refractivity contribution in [2.45, 2.75) is 40.3 Å². The van der Waals surface area contributed by atoms with Gasteiger partial charge in [-0.1, -0.05) is 13.8 Å². The average molecular weight is 285 g/mol. The van der Waals surface area contributed by atoms with Crippen LogP contribution < -0.4 is 10.6 Å². The molecule has 0 aliphatic heterocycles. The molecule has 0 bridgehead atoms. The lowest BCUT2D eigenvalue weighted by Gasteiger charge is -2.15. The summed E-state index contributed by atoms with van der Waals surface area (Å²) in [5, 5.41) is 6.53. The number of nitrogens with one attached hydrogen (secondary N) is 2. The quantitative estimate of drug-likeness (QED) is 0.808. The van der Waals surface area contributed by atoms with Crippen molar-refractivity contribution in [1.29, 1.82) is 0 Å². The molecule has 1 aromatic rings. The first-order chi connectivity index (χ1) is 8.97. The summed E-state index contributed by atoms with van der Waals surface area (Å²) in [7, 11) is 0. The Kier molecular flexibility index (Phi) is 6.80. The Morgan fingerprint density at radius 1 is 1.42 bits per heavy atom. The summed E-state index contributed by atoms with van der Waals surface area (Å²) < 4.78 is 5.47. The highest BCUT2D eigenvalue weighted by molar-refractivity contribution is 7.11. The zero-order valence-corrected chi connectivity index (χ0v) is 12.8. The van der Waals surface area contributed by atoms with Crippen LogP contribution in [0.15, 0.2) is 6.20 Å². The van der Waals surface area contributed by atoms with Crippen molar-refractivity contribution >= 4 is 17.4 Å². The van der Waals surface area contributed by atoms with E-state index in [9.17, 15) is 4.79 Å². The smallest absolute Gasteiger partial charge is 0.315 e. The van der Waals surface area contributed by atoms with Crippen molar-refractivity contribution in [2.75, 3.05) is 13.2 Å². The van der Waals surface area contributed by atoms with Crippen LogP contribution in [0.3, 0.4) is 0 Å². The van der Waals surface area contributed by atoms with E-state index in [0.717, 1.165) is 9.88 Å². The highest BCUT2D eigenvalue weighted by Crippen LogP contribution is 2.10. The summed E-state index contributed by atoms with van der Waals surface area (Å²) in [5.74, 6) is 0.508. The lowest BCUT2D eigenvalue weighted by molar-refractivity contribution is 0.0954. The van der Waals surface area contributed by atoms with Crippen LogP contribution in [-0.2, 0) is 11.3 Å². The second-order valence-corrected chi connectivity index (χ2v) is 6.34. The summed E-state index contributed by atoms with van der Waals surface area (Å²) in [6, 6.07) is -0.190. The summed E-state index contributed by atoms with van der Waals surface area (Å²) in [6.07, 6.45) is 1.81. The maximum atomic E-state index is 11.6. The number of carbonyl (C=O) groups excluding carboxylic acids is 1. The average Bonchev–Trinajstić information content (AvgIpc) is 2.72. The second-order valence-electron chi connectivity index (χ2n) is 5.02. The Labute approximate surface area is 118 Å². The number of hydrogen-bond acceptors (Lipinski definition) is 4. The minimum Gasteiger partial charge on any atom is -0.379 e. The molecular formula is C13H23N3O2S. The van der Waals surface area contributed by atoms with E-state index in [1.165, 1.54) is 0 Å². The van der Waals surface area contributed by atoms with Crippen molar-refractivity contribution in [3.8, 4) is 0 Å². The number of amides is 2. The summed E-state index contributed by atoms with van der Waals surface area (Å²) in [4.78, 5) is 17.0. The van der Waals surface area contributed by atoms with Gasteiger partial charge in [-0.2, -0.15) is 0 Å². The Balaban J connectivity index is 2.16. The molecule has 0 saturated carbocycles. The van der Waals surface area contributed by atoms with E-state index < -0.39 is 0 Å². The van der Waals surface area contributed by atoms with Gasteiger partial charge in [0.25, 0.3) is 0 Å². The van der Waals surface area contributed by atoms with E-state index in [2.05, 4.69) is 29.5 Å². The van der Waals surface area contributed by atoms with Crippen molar-refractivity contribution < 1.29 is 9.53 Å². The van der Waals surface area contributed by atoms with Crippen molar-refractivity contribution in [1.82, 2.24) is 15.6 Å². The fraction of sp³-hybridized carbons (Fsp3) is 0.692. The molecule has 1 rings (SSSR count). The van der Waals surface area contributed by atoms with E-state index in [1.54, 1.807) is 11.3 Å². The van der Waals surface area contributed by atoms with Gasteiger partial charge in [-0.05, 0) is 19.8 Å². The highest BCUT2D eigenvalue weighted by Gasteiger charge is 2.08. The second kappa shape index (κ2) is 8.12. The van der Waals surface area contributed by atoms with Crippen LogP contribution in [0.4, 0.5) is 4.79 Å². The molecule has 2 N–H and O–H groups in total. The summed E-state index contributed by atoms with van der Waals surface area (Å²) in [6.45, 7) is 9.82. The maximum absolute atomic E-state index is 11.6. The van der Waals surface area contributed by atoms with Gasteiger partial charge in [0.15, 0.2) is 0 Å². The van der Waals surface area contributed by atoms with Crippen LogP contribution in [0.2, 0.25) is 0 Å². The van der Waals surface area contributed by atoms with Crippen LogP contribution in [0.5, 0.6) is 0 Å².